The molecule has 9 nitrogen and oxygen atoms in total. The Labute approximate surface area is 179 Å². The first-order chi connectivity index (χ1) is 15.2. The minimum Gasteiger partial charge on any atom is -0.497 e. The molecule has 0 aliphatic heterocycles. The number of ether oxygens (including phenoxy) is 3. The molecule has 9 heteroatoms. The fraction of sp³-hybridized carbons (Fsp3) is 0.136. The summed E-state index contributed by atoms with van der Waals surface area (Å²) in [4.78, 5) is 8.83. The van der Waals surface area contributed by atoms with Gasteiger partial charge < -0.3 is 24.8 Å². The molecule has 0 amide bonds. The molecule has 2 N–H and O–H groups in total. The maximum Gasteiger partial charge on any atom is 0.229 e. The normalized spacial score (nSPS) is 10.4. The fourth-order valence-electron chi connectivity index (χ4n) is 2.99. The molecule has 0 spiro atoms. The summed E-state index contributed by atoms with van der Waals surface area (Å²) in [6.45, 7) is 0. The Bertz CT molecular complexity index is 1160. The van der Waals surface area contributed by atoms with Crippen LogP contribution in [0.3, 0.4) is 0 Å². The first-order valence-electron chi connectivity index (χ1n) is 9.47. The quantitative estimate of drug-likeness (QED) is 0.440. The number of anilines is 4. The minimum atomic E-state index is 0.438. The third-order valence-corrected chi connectivity index (χ3v) is 4.51. The SMILES string of the molecule is COc1ccc(-n2nccc2Nc2ccnc(Nc3ccc(OC)c(OC)c3)n2)cc1. The lowest BCUT2D eigenvalue weighted by atomic mass is 10.3. The van der Waals surface area contributed by atoms with Crippen molar-refractivity contribution < 1.29 is 14.2 Å². The highest BCUT2D eigenvalue weighted by Gasteiger charge is 2.09. The summed E-state index contributed by atoms with van der Waals surface area (Å²) in [6.07, 6.45) is 3.39. The van der Waals surface area contributed by atoms with Gasteiger partial charge in [0.05, 0.1) is 33.2 Å². The van der Waals surface area contributed by atoms with Crippen LogP contribution in [-0.2, 0) is 0 Å². The van der Waals surface area contributed by atoms with Crippen molar-refractivity contribution in [2.75, 3.05) is 32.0 Å². The van der Waals surface area contributed by atoms with Crippen molar-refractivity contribution in [2.24, 2.45) is 0 Å². The maximum atomic E-state index is 5.34. The van der Waals surface area contributed by atoms with Crippen LogP contribution >= 0.6 is 0 Å². The molecule has 0 saturated heterocycles. The molecule has 0 atom stereocenters. The average Bonchev–Trinajstić information content (AvgIpc) is 3.27. The number of benzene rings is 2. The molecule has 0 bridgehead atoms. The van der Waals surface area contributed by atoms with Crippen LogP contribution in [-0.4, -0.2) is 41.1 Å². The number of hydrogen-bond donors (Lipinski definition) is 2. The highest BCUT2D eigenvalue weighted by atomic mass is 16.5. The van der Waals surface area contributed by atoms with Crippen LogP contribution in [0.4, 0.5) is 23.3 Å². The van der Waals surface area contributed by atoms with Crippen LogP contribution in [0.15, 0.2) is 67.0 Å². The molecule has 4 aromatic rings. The molecule has 0 saturated carbocycles. The van der Waals surface area contributed by atoms with Gasteiger partial charge in [-0.05, 0) is 42.5 Å². The van der Waals surface area contributed by atoms with Crippen molar-refractivity contribution in [3.63, 3.8) is 0 Å². The van der Waals surface area contributed by atoms with Crippen molar-refractivity contribution in [2.45, 2.75) is 0 Å². The average molecular weight is 418 g/mol. The molecule has 2 heterocycles. The highest BCUT2D eigenvalue weighted by Crippen LogP contribution is 2.30. The van der Waals surface area contributed by atoms with Crippen LogP contribution in [0.25, 0.3) is 5.69 Å². The lowest BCUT2D eigenvalue weighted by Gasteiger charge is -2.12. The standard InChI is InChI=1S/C22H22N6O3/c1-29-17-7-5-16(6-8-17)28-21(11-13-24-28)26-20-10-12-23-22(27-20)25-15-4-9-18(30-2)19(14-15)31-3/h4-14H,1-3H3,(H2,23,25,26,27). The highest BCUT2D eigenvalue weighted by molar-refractivity contribution is 5.62. The van der Waals surface area contributed by atoms with E-state index in [1.165, 1.54) is 0 Å². The van der Waals surface area contributed by atoms with Crippen LogP contribution in [0.5, 0.6) is 17.2 Å². The monoisotopic (exact) mass is 418 g/mol. The van der Waals surface area contributed by atoms with Crippen LogP contribution in [0.1, 0.15) is 0 Å². The van der Waals surface area contributed by atoms with E-state index in [1.54, 1.807) is 44.5 Å². The van der Waals surface area contributed by atoms with E-state index < -0.39 is 0 Å². The summed E-state index contributed by atoms with van der Waals surface area (Å²) >= 11 is 0. The topological polar surface area (TPSA) is 95.4 Å². The second-order valence-electron chi connectivity index (χ2n) is 6.41. The van der Waals surface area contributed by atoms with Crippen molar-refractivity contribution >= 4 is 23.3 Å². The largest absolute Gasteiger partial charge is 0.497 e. The zero-order chi connectivity index (χ0) is 21.6. The molecule has 2 aromatic carbocycles. The van der Waals surface area contributed by atoms with Crippen molar-refractivity contribution in [1.29, 1.82) is 0 Å². The Morgan fingerprint density at radius 1 is 0.774 bits per heavy atom. The Hall–Kier alpha value is -4.27. The molecule has 0 aliphatic carbocycles. The minimum absolute atomic E-state index is 0.438. The summed E-state index contributed by atoms with van der Waals surface area (Å²) < 4.78 is 17.6. The number of nitrogens with zero attached hydrogens (tertiary/aromatic N) is 4. The first kappa shape index (κ1) is 20.0. The van der Waals surface area contributed by atoms with Gasteiger partial charge in [-0.15, -0.1) is 0 Å². The Morgan fingerprint density at radius 3 is 2.32 bits per heavy atom. The Morgan fingerprint density at radius 2 is 1.58 bits per heavy atom. The summed E-state index contributed by atoms with van der Waals surface area (Å²) in [6, 6.07) is 16.8. The van der Waals surface area contributed by atoms with Gasteiger partial charge >= 0.3 is 0 Å². The molecule has 0 fully saturated rings. The Kier molecular flexibility index (Phi) is 5.84. The van der Waals surface area contributed by atoms with Gasteiger partial charge in [0.1, 0.15) is 17.4 Å². The lowest BCUT2D eigenvalue weighted by molar-refractivity contribution is 0.355. The van der Waals surface area contributed by atoms with Gasteiger partial charge in [0.15, 0.2) is 11.5 Å². The molecular formula is C22H22N6O3. The molecule has 0 unspecified atom stereocenters. The van der Waals surface area contributed by atoms with E-state index in [2.05, 4.69) is 25.7 Å². The maximum absolute atomic E-state index is 5.34. The zero-order valence-corrected chi connectivity index (χ0v) is 17.4. The summed E-state index contributed by atoms with van der Waals surface area (Å²) in [5.74, 6) is 3.87. The number of nitrogens with one attached hydrogen (secondary N) is 2. The van der Waals surface area contributed by atoms with Gasteiger partial charge in [0.2, 0.25) is 5.95 Å². The van der Waals surface area contributed by atoms with E-state index in [0.717, 1.165) is 22.9 Å². The molecule has 0 aliphatic rings. The molecule has 4 rings (SSSR count). The van der Waals surface area contributed by atoms with Gasteiger partial charge in [-0.25, -0.2) is 9.67 Å². The van der Waals surface area contributed by atoms with E-state index in [9.17, 15) is 0 Å². The predicted molar refractivity (Wildman–Crippen MR) is 118 cm³/mol. The first-order valence-corrected chi connectivity index (χ1v) is 9.47. The molecule has 158 valence electrons. The summed E-state index contributed by atoms with van der Waals surface area (Å²) in [5.41, 5.74) is 1.67. The van der Waals surface area contributed by atoms with Crippen molar-refractivity contribution in [1.82, 2.24) is 19.7 Å². The molecule has 2 aromatic heterocycles. The molecular weight excluding hydrogens is 396 g/mol. The number of rotatable bonds is 8. The van der Waals surface area contributed by atoms with Gasteiger partial charge in [0.25, 0.3) is 0 Å². The van der Waals surface area contributed by atoms with Crippen LogP contribution in [0, 0.1) is 0 Å². The smallest absolute Gasteiger partial charge is 0.229 e. The van der Waals surface area contributed by atoms with Gasteiger partial charge in [-0.2, -0.15) is 10.1 Å². The van der Waals surface area contributed by atoms with Gasteiger partial charge in [0, 0.05) is 24.0 Å². The number of methoxy groups -OCH3 is 3. The summed E-state index contributed by atoms with van der Waals surface area (Å²) in [7, 11) is 4.83. The zero-order valence-electron chi connectivity index (χ0n) is 17.4. The van der Waals surface area contributed by atoms with E-state index in [1.807, 2.05) is 48.5 Å². The van der Waals surface area contributed by atoms with Crippen molar-refractivity contribution in [3.05, 3.63) is 67.0 Å². The van der Waals surface area contributed by atoms with E-state index in [0.29, 0.717) is 23.3 Å². The van der Waals surface area contributed by atoms with Crippen LogP contribution in [0.2, 0.25) is 0 Å². The summed E-state index contributed by atoms with van der Waals surface area (Å²) in [5, 5.41) is 10.8. The van der Waals surface area contributed by atoms with Crippen molar-refractivity contribution in [3.8, 4) is 22.9 Å². The second kappa shape index (κ2) is 9.04. The third kappa shape index (κ3) is 4.50. The van der Waals surface area contributed by atoms with E-state index >= 15 is 0 Å². The fourth-order valence-corrected chi connectivity index (χ4v) is 2.99. The number of aromatic nitrogens is 4. The van der Waals surface area contributed by atoms with E-state index in [-0.39, 0.29) is 0 Å². The molecule has 31 heavy (non-hydrogen) atoms. The predicted octanol–water partition coefficient (Wildman–Crippen LogP) is 4.18. The van der Waals surface area contributed by atoms with Gasteiger partial charge in [-0.1, -0.05) is 0 Å². The molecule has 0 radical (unpaired) electrons. The lowest BCUT2D eigenvalue weighted by Crippen LogP contribution is -2.05. The third-order valence-electron chi connectivity index (χ3n) is 4.51. The Balaban J connectivity index is 1.53. The van der Waals surface area contributed by atoms with Crippen LogP contribution < -0.4 is 24.8 Å². The second-order valence-corrected chi connectivity index (χ2v) is 6.41. The van der Waals surface area contributed by atoms with Gasteiger partial charge in [-0.3, -0.25) is 0 Å². The van der Waals surface area contributed by atoms with E-state index in [4.69, 9.17) is 14.2 Å². The number of hydrogen-bond acceptors (Lipinski definition) is 8.